The van der Waals surface area contributed by atoms with Crippen molar-refractivity contribution < 1.29 is 9.47 Å². The van der Waals surface area contributed by atoms with Crippen molar-refractivity contribution in [1.29, 1.82) is 0 Å². The summed E-state index contributed by atoms with van der Waals surface area (Å²) in [6.07, 6.45) is 0. The molecule has 0 amide bonds. The standard InChI is InChI=1S/C49H34N2O2/c1-49(2)40-27-33(50(32-15-4-3-5-16-32)42-20-12-14-31-13-6-7-17-35(31)42)23-25-36(40)37-26-24-34(28-41(37)49)51-43-19-9-8-18-38(43)39-29-47-48(30-44(39)51)53-46-22-11-10-21-45(46)52-47/h3-30H,1-2H3. The zero-order valence-corrected chi connectivity index (χ0v) is 29.4. The first kappa shape index (κ1) is 29.9. The molecule has 8 aromatic carbocycles. The van der Waals surface area contributed by atoms with Gasteiger partial charge in [-0.15, -0.1) is 0 Å². The Bertz CT molecular complexity index is 2930. The summed E-state index contributed by atoms with van der Waals surface area (Å²) in [7, 11) is 0. The number of para-hydroxylation sites is 4. The van der Waals surface area contributed by atoms with Crippen LogP contribution in [0.15, 0.2) is 170 Å². The predicted octanol–water partition coefficient (Wildman–Crippen LogP) is 13.6. The highest BCUT2D eigenvalue weighted by Gasteiger charge is 2.37. The lowest BCUT2D eigenvalue weighted by molar-refractivity contribution is 0.360. The number of fused-ring (bicyclic) bond motifs is 9. The molecule has 0 N–H and O–H groups in total. The highest BCUT2D eigenvalue weighted by atomic mass is 16.6. The van der Waals surface area contributed by atoms with E-state index in [9.17, 15) is 0 Å². The van der Waals surface area contributed by atoms with E-state index in [2.05, 4.69) is 169 Å². The topological polar surface area (TPSA) is 26.6 Å². The summed E-state index contributed by atoms with van der Waals surface area (Å²) >= 11 is 0. The largest absolute Gasteiger partial charge is 0.449 e. The normalized spacial score (nSPS) is 13.5. The maximum absolute atomic E-state index is 6.40. The van der Waals surface area contributed by atoms with Crippen molar-refractivity contribution in [2.24, 2.45) is 0 Å². The first-order valence-electron chi connectivity index (χ1n) is 18.2. The molecule has 0 unspecified atom stereocenters. The average Bonchev–Trinajstić information content (AvgIpc) is 3.63. The number of hydrogen-bond acceptors (Lipinski definition) is 3. The molecule has 0 spiro atoms. The van der Waals surface area contributed by atoms with E-state index in [0.717, 1.165) is 62.2 Å². The van der Waals surface area contributed by atoms with Crippen LogP contribution in [0.2, 0.25) is 0 Å². The lowest BCUT2D eigenvalue weighted by atomic mass is 9.82. The molecule has 2 aliphatic rings. The number of anilines is 3. The molecule has 4 nitrogen and oxygen atoms in total. The maximum atomic E-state index is 6.40. The number of aromatic nitrogens is 1. The fraction of sp³-hybridized carbons (Fsp3) is 0.0612. The number of ether oxygens (including phenoxy) is 2. The molecule has 0 atom stereocenters. The van der Waals surface area contributed by atoms with Gasteiger partial charge in [0, 0.05) is 44.7 Å². The van der Waals surface area contributed by atoms with Crippen LogP contribution in [0, 0.1) is 0 Å². The van der Waals surface area contributed by atoms with Crippen LogP contribution in [-0.2, 0) is 5.41 Å². The molecular formula is C49H34N2O2. The summed E-state index contributed by atoms with van der Waals surface area (Å²) in [5.41, 5.74) is 11.7. The van der Waals surface area contributed by atoms with Gasteiger partial charge in [0.05, 0.1) is 16.7 Å². The molecule has 2 heterocycles. The van der Waals surface area contributed by atoms with Gasteiger partial charge in [-0.25, -0.2) is 0 Å². The fourth-order valence-electron chi connectivity index (χ4n) is 8.67. The lowest BCUT2D eigenvalue weighted by Crippen LogP contribution is -2.17. The van der Waals surface area contributed by atoms with E-state index in [1.54, 1.807) is 0 Å². The number of hydrogen-bond donors (Lipinski definition) is 0. The molecule has 0 saturated carbocycles. The van der Waals surface area contributed by atoms with E-state index in [1.807, 2.05) is 24.3 Å². The van der Waals surface area contributed by atoms with Crippen LogP contribution in [0.5, 0.6) is 23.0 Å². The second kappa shape index (κ2) is 11.1. The van der Waals surface area contributed by atoms with Crippen LogP contribution in [0.25, 0.3) is 49.4 Å². The molecule has 0 bridgehead atoms. The van der Waals surface area contributed by atoms with E-state index < -0.39 is 0 Å². The summed E-state index contributed by atoms with van der Waals surface area (Å²) in [6.45, 7) is 4.72. The second-order valence-electron chi connectivity index (χ2n) is 14.6. The minimum absolute atomic E-state index is 0.240. The van der Waals surface area contributed by atoms with Gasteiger partial charge in [-0.3, -0.25) is 0 Å². The molecule has 1 aromatic heterocycles. The number of nitrogens with zero attached hydrogens (tertiary/aromatic N) is 2. The molecule has 0 saturated heterocycles. The molecular weight excluding hydrogens is 649 g/mol. The van der Waals surface area contributed by atoms with Gasteiger partial charge in [-0.1, -0.05) is 111 Å². The molecule has 252 valence electrons. The summed E-state index contributed by atoms with van der Waals surface area (Å²) in [6, 6.07) is 60.6. The van der Waals surface area contributed by atoms with Gasteiger partial charge in [-0.2, -0.15) is 0 Å². The summed E-state index contributed by atoms with van der Waals surface area (Å²) < 4.78 is 15.1. The molecule has 9 aromatic rings. The van der Waals surface area contributed by atoms with Gasteiger partial charge in [0.1, 0.15) is 0 Å². The van der Waals surface area contributed by atoms with Crippen LogP contribution in [-0.4, -0.2) is 4.57 Å². The smallest absolute Gasteiger partial charge is 0.172 e. The summed E-state index contributed by atoms with van der Waals surface area (Å²) in [5.74, 6) is 2.91. The van der Waals surface area contributed by atoms with Gasteiger partial charge in [0.2, 0.25) is 0 Å². The molecule has 0 radical (unpaired) electrons. The van der Waals surface area contributed by atoms with E-state index in [1.165, 1.54) is 38.4 Å². The van der Waals surface area contributed by atoms with Crippen molar-refractivity contribution in [2.75, 3.05) is 4.90 Å². The first-order valence-corrected chi connectivity index (χ1v) is 18.2. The van der Waals surface area contributed by atoms with Gasteiger partial charge in [-0.05, 0) is 94.4 Å². The van der Waals surface area contributed by atoms with E-state index in [-0.39, 0.29) is 5.41 Å². The lowest BCUT2D eigenvalue weighted by Gasteiger charge is -2.29. The zero-order valence-electron chi connectivity index (χ0n) is 29.4. The highest BCUT2D eigenvalue weighted by molar-refractivity contribution is 6.10. The Labute approximate surface area is 307 Å². The Balaban J connectivity index is 1.05. The van der Waals surface area contributed by atoms with Crippen LogP contribution in [0.4, 0.5) is 17.1 Å². The molecule has 1 aliphatic heterocycles. The molecule has 53 heavy (non-hydrogen) atoms. The monoisotopic (exact) mass is 682 g/mol. The molecule has 4 heteroatoms. The third kappa shape index (κ3) is 4.42. The first-order chi connectivity index (χ1) is 26.0. The van der Waals surface area contributed by atoms with Crippen molar-refractivity contribution in [3.05, 3.63) is 181 Å². The van der Waals surface area contributed by atoms with Crippen LogP contribution in [0.1, 0.15) is 25.0 Å². The Morgan fingerprint density at radius 1 is 0.453 bits per heavy atom. The predicted molar refractivity (Wildman–Crippen MR) is 217 cm³/mol. The minimum Gasteiger partial charge on any atom is -0.449 e. The van der Waals surface area contributed by atoms with Gasteiger partial charge >= 0.3 is 0 Å². The third-order valence-electron chi connectivity index (χ3n) is 11.2. The average molecular weight is 683 g/mol. The SMILES string of the molecule is CC1(C)c2cc(N(c3ccccc3)c3cccc4ccccc34)ccc2-c2ccc(-n3c4ccccc4c4cc5c(cc43)Oc3ccccc3O5)cc21. The quantitative estimate of drug-likeness (QED) is 0.185. The van der Waals surface area contributed by atoms with Crippen molar-refractivity contribution in [3.63, 3.8) is 0 Å². The van der Waals surface area contributed by atoms with Crippen molar-refractivity contribution in [2.45, 2.75) is 19.3 Å². The van der Waals surface area contributed by atoms with E-state index in [4.69, 9.17) is 9.47 Å². The van der Waals surface area contributed by atoms with Gasteiger partial charge < -0.3 is 18.9 Å². The van der Waals surface area contributed by atoms with Crippen molar-refractivity contribution >= 4 is 49.6 Å². The molecule has 11 rings (SSSR count). The Morgan fingerprint density at radius 3 is 1.91 bits per heavy atom. The fourth-order valence-corrected chi connectivity index (χ4v) is 8.67. The van der Waals surface area contributed by atoms with E-state index in [0.29, 0.717) is 0 Å². The minimum atomic E-state index is -0.240. The summed E-state index contributed by atoms with van der Waals surface area (Å²) in [4.78, 5) is 2.40. The van der Waals surface area contributed by atoms with Gasteiger partial charge in [0.25, 0.3) is 0 Å². The van der Waals surface area contributed by atoms with Crippen molar-refractivity contribution in [1.82, 2.24) is 4.57 Å². The van der Waals surface area contributed by atoms with Crippen molar-refractivity contribution in [3.8, 4) is 39.8 Å². The molecule has 0 fully saturated rings. The van der Waals surface area contributed by atoms with Gasteiger partial charge in [0.15, 0.2) is 23.0 Å². The van der Waals surface area contributed by atoms with Crippen LogP contribution < -0.4 is 14.4 Å². The third-order valence-corrected chi connectivity index (χ3v) is 11.2. The Hall–Kier alpha value is -6.78. The maximum Gasteiger partial charge on any atom is 0.172 e. The Morgan fingerprint density at radius 2 is 1.09 bits per heavy atom. The summed E-state index contributed by atoms with van der Waals surface area (Å²) in [5, 5.41) is 4.75. The van der Waals surface area contributed by atoms with Crippen LogP contribution >= 0.6 is 0 Å². The second-order valence-corrected chi connectivity index (χ2v) is 14.6. The zero-order chi connectivity index (χ0) is 35.3. The number of benzene rings is 8. The Kier molecular flexibility index (Phi) is 6.27. The molecule has 1 aliphatic carbocycles. The highest BCUT2D eigenvalue weighted by Crippen LogP contribution is 2.53. The number of rotatable bonds is 4. The van der Waals surface area contributed by atoms with E-state index >= 15 is 0 Å². The van der Waals surface area contributed by atoms with Crippen LogP contribution in [0.3, 0.4) is 0 Å².